The van der Waals surface area contributed by atoms with Crippen LogP contribution in [0.15, 0.2) is 0 Å². The Morgan fingerprint density at radius 1 is 1.38 bits per heavy atom. The number of hydrogen-bond donors (Lipinski definition) is 3. The second kappa shape index (κ2) is 6.86. The van der Waals surface area contributed by atoms with Crippen LogP contribution in [0.25, 0.3) is 0 Å². The molecule has 1 rings (SSSR count). The van der Waals surface area contributed by atoms with Crippen LogP contribution in [-0.2, 0) is 4.79 Å². The molecule has 1 fully saturated rings. The maximum atomic E-state index is 11.5. The van der Waals surface area contributed by atoms with Crippen molar-refractivity contribution in [2.45, 2.75) is 51.6 Å². The van der Waals surface area contributed by atoms with Gasteiger partial charge in [-0.3, -0.25) is 4.79 Å². The van der Waals surface area contributed by atoms with Gasteiger partial charge >= 0.3 is 0 Å². The molecule has 0 spiro atoms. The number of carbonyl (C=O) groups excluding carboxylic acids is 1. The topological polar surface area (TPSA) is 67.2 Å². The molecule has 4 heteroatoms. The molecule has 0 heterocycles. The fourth-order valence-electron chi connectivity index (χ4n) is 2.36. The average Bonchev–Trinajstić information content (AvgIpc) is 2.26. The molecule has 0 saturated heterocycles. The van der Waals surface area contributed by atoms with Gasteiger partial charge in [0.1, 0.15) is 0 Å². The van der Waals surface area contributed by atoms with E-state index < -0.39 is 0 Å². The summed E-state index contributed by atoms with van der Waals surface area (Å²) in [4.78, 5) is 11.5. The van der Waals surface area contributed by atoms with Crippen LogP contribution in [0.1, 0.15) is 39.5 Å². The molecule has 0 aromatic rings. The lowest BCUT2D eigenvalue weighted by Gasteiger charge is -2.31. The first-order valence-corrected chi connectivity index (χ1v) is 6.36. The minimum Gasteiger partial charge on any atom is -0.353 e. The van der Waals surface area contributed by atoms with E-state index in [1.165, 1.54) is 19.3 Å². The van der Waals surface area contributed by atoms with E-state index in [1.54, 1.807) is 0 Å². The molecule has 4 N–H and O–H groups in total. The summed E-state index contributed by atoms with van der Waals surface area (Å²) in [5.74, 6) is 0.622. The van der Waals surface area contributed by atoms with E-state index in [1.807, 2.05) is 13.8 Å². The van der Waals surface area contributed by atoms with Crippen LogP contribution in [0.5, 0.6) is 0 Å². The van der Waals surface area contributed by atoms with E-state index in [2.05, 4.69) is 10.6 Å². The highest BCUT2D eigenvalue weighted by molar-refractivity contribution is 5.78. The Hall–Kier alpha value is -0.610. The Kier molecular flexibility index (Phi) is 5.77. The first kappa shape index (κ1) is 13.5. The number of carbonyl (C=O) groups is 1. The molecule has 0 aromatic carbocycles. The number of rotatable bonds is 5. The zero-order valence-corrected chi connectivity index (χ0v) is 10.5. The van der Waals surface area contributed by atoms with Crippen LogP contribution >= 0.6 is 0 Å². The molecule has 1 amide bonds. The van der Waals surface area contributed by atoms with Crippen LogP contribution < -0.4 is 16.4 Å². The Bertz CT molecular complexity index is 218. The average molecular weight is 227 g/mol. The van der Waals surface area contributed by atoms with Gasteiger partial charge in [-0.15, -0.1) is 0 Å². The summed E-state index contributed by atoms with van der Waals surface area (Å²) >= 11 is 0. The van der Waals surface area contributed by atoms with E-state index in [0.29, 0.717) is 18.5 Å². The maximum absolute atomic E-state index is 11.5. The van der Waals surface area contributed by atoms with E-state index >= 15 is 0 Å². The SMILES string of the molecule is CC(C)NC(=O)CNC1CCCCC1CN. The number of nitrogens with one attached hydrogen (secondary N) is 2. The second-order valence-electron chi connectivity index (χ2n) is 4.99. The van der Waals surface area contributed by atoms with Crippen molar-refractivity contribution >= 4 is 5.91 Å². The van der Waals surface area contributed by atoms with E-state index in [4.69, 9.17) is 5.73 Å². The summed E-state index contributed by atoms with van der Waals surface area (Å²) in [6.07, 6.45) is 4.87. The number of amides is 1. The molecule has 4 nitrogen and oxygen atoms in total. The molecule has 1 aliphatic rings. The molecule has 1 saturated carbocycles. The summed E-state index contributed by atoms with van der Waals surface area (Å²) in [6.45, 7) is 5.09. The molecule has 1 aliphatic carbocycles. The summed E-state index contributed by atoms with van der Waals surface area (Å²) in [5.41, 5.74) is 5.74. The minimum atomic E-state index is 0.0799. The van der Waals surface area contributed by atoms with Gasteiger partial charge in [-0.25, -0.2) is 0 Å². The highest BCUT2D eigenvalue weighted by atomic mass is 16.1. The van der Waals surface area contributed by atoms with Gasteiger partial charge in [-0.05, 0) is 39.2 Å². The van der Waals surface area contributed by atoms with Gasteiger partial charge in [0.05, 0.1) is 6.54 Å². The zero-order valence-electron chi connectivity index (χ0n) is 10.5. The maximum Gasteiger partial charge on any atom is 0.234 e. The normalized spacial score (nSPS) is 25.8. The van der Waals surface area contributed by atoms with Crippen molar-refractivity contribution in [3.8, 4) is 0 Å². The zero-order chi connectivity index (χ0) is 12.0. The van der Waals surface area contributed by atoms with Crippen molar-refractivity contribution in [2.75, 3.05) is 13.1 Å². The van der Waals surface area contributed by atoms with Gasteiger partial charge in [-0.2, -0.15) is 0 Å². The minimum absolute atomic E-state index is 0.0799. The Morgan fingerprint density at radius 3 is 2.69 bits per heavy atom. The van der Waals surface area contributed by atoms with E-state index in [0.717, 1.165) is 13.0 Å². The Labute approximate surface area is 98.3 Å². The Balaban J connectivity index is 2.27. The molecule has 94 valence electrons. The predicted octanol–water partition coefficient (Wildman–Crippen LogP) is 0.618. The van der Waals surface area contributed by atoms with Gasteiger partial charge in [0.25, 0.3) is 0 Å². The number of nitrogens with two attached hydrogens (primary N) is 1. The third-order valence-corrected chi connectivity index (χ3v) is 3.19. The first-order valence-electron chi connectivity index (χ1n) is 6.36. The molecule has 0 aliphatic heterocycles. The van der Waals surface area contributed by atoms with Crippen molar-refractivity contribution in [1.82, 2.24) is 10.6 Å². The van der Waals surface area contributed by atoms with Gasteiger partial charge in [0, 0.05) is 12.1 Å². The number of hydrogen-bond acceptors (Lipinski definition) is 3. The highest BCUT2D eigenvalue weighted by Gasteiger charge is 2.23. The van der Waals surface area contributed by atoms with Crippen molar-refractivity contribution in [3.63, 3.8) is 0 Å². The van der Waals surface area contributed by atoms with Crippen molar-refractivity contribution in [1.29, 1.82) is 0 Å². The quantitative estimate of drug-likeness (QED) is 0.645. The fraction of sp³-hybridized carbons (Fsp3) is 0.917. The third kappa shape index (κ3) is 4.49. The smallest absolute Gasteiger partial charge is 0.234 e. The van der Waals surface area contributed by atoms with Crippen LogP contribution in [0.3, 0.4) is 0 Å². The molecule has 2 unspecified atom stereocenters. The largest absolute Gasteiger partial charge is 0.353 e. The van der Waals surface area contributed by atoms with Crippen molar-refractivity contribution in [2.24, 2.45) is 11.7 Å². The summed E-state index contributed by atoms with van der Waals surface area (Å²) in [6, 6.07) is 0.641. The van der Waals surface area contributed by atoms with Gasteiger partial charge in [-0.1, -0.05) is 12.8 Å². The molecular weight excluding hydrogens is 202 g/mol. The van der Waals surface area contributed by atoms with E-state index in [9.17, 15) is 4.79 Å². The molecule has 0 aromatic heterocycles. The molecule has 2 atom stereocenters. The van der Waals surface area contributed by atoms with E-state index in [-0.39, 0.29) is 11.9 Å². The van der Waals surface area contributed by atoms with Crippen molar-refractivity contribution in [3.05, 3.63) is 0 Å². The summed E-state index contributed by atoms with van der Waals surface area (Å²) < 4.78 is 0. The summed E-state index contributed by atoms with van der Waals surface area (Å²) in [7, 11) is 0. The lowest BCUT2D eigenvalue weighted by molar-refractivity contribution is -0.120. The van der Waals surface area contributed by atoms with Crippen LogP contribution in [0.4, 0.5) is 0 Å². The van der Waals surface area contributed by atoms with Gasteiger partial charge in [0.15, 0.2) is 0 Å². The van der Waals surface area contributed by atoms with Crippen LogP contribution in [0.2, 0.25) is 0 Å². The van der Waals surface area contributed by atoms with Crippen LogP contribution in [-0.4, -0.2) is 31.1 Å². The first-order chi connectivity index (χ1) is 7.63. The Morgan fingerprint density at radius 2 is 2.06 bits per heavy atom. The third-order valence-electron chi connectivity index (χ3n) is 3.19. The predicted molar refractivity (Wildman–Crippen MR) is 66.1 cm³/mol. The lowest BCUT2D eigenvalue weighted by Crippen LogP contribution is -2.46. The monoisotopic (exact) mass is 227 g/mol. The highest BCUT2D eigenvalue weighted by Crippen LogP contribution is 2.23. The van der Waals surface area contributed by atoms with Crippen LogP contribution in [0, 0.1) is 5.92 Å². The molecule has 0 bridgehead atoms. The summed E-state index contributed by atoms with van der Waals surface area (Å²) in [5, 5.41) is 6.22. The lowest BCUT2D eigenvalue weighted by atomic mass is 9.84. The standard InChI is InChI=1S/C12H25N3O/c1-9(2)15-12(16)8-14-11-6-4-3-5-10(11)7-13/h9-11,14H,3-8,13H2,1-2H3,(H,15,16). The van der Waals surface area contributed by atoms with Gasteiger partial charge in [0.2, 0.25) is 5.91 Å². The molecule has 0 radical (unpaired) electrons. The molecular formula is C12H25N3O. The molecule has 16 heavy (non-hydrogen) atoms. The van der Waals surface area contributed by atoms with Gasteiger partial charge < -0.3 is 16.4 Å². The second-order valence-corrected chi connectivity index (χ2v) is 4.99. The fourth-order valence-corrected chi connectivity index (χ4v) is 2.36. The van der Waals surface area contributed by atoms with Crippen molar-refractivity contribution < 1.29 is 4.79 Å².